The normalized spacial score (nSPS) is 31.3. The second-order valence-electron chi connectivity index (χ2n) is 6.40. The Morgan fingerprint density at radius 1 is 1.08 bits per heavy atom. The van der Waals surface area contributed by atoms with E-state index < -0.39 is 0 Å². The Bertz CT molecular complexity index is 773. The van der Waals surface area contributed by atoms with Gasteiger partial charge in [-0.15, -0.1) is 0 Å². The van der Waals surface area contributed by atoms with E-state index in [2.05, 4.69) is 49.1 Å². The first-order chi connectivity index (χ1) is 11.5. The van der Waals surface area contributed by atoms with E-state index in [1.165, 1.54) is 6.21 Å². The maximum absolute atomic E-state index is 12.7. The maximum Gasteiger partial charge on any atom is 0.254 e. The zero-order valence-electron chi connectivity index (χ0n) is 12.5. The molecule has 1 aromatic carbocycles. The van der Waals surface area contributed by atoms with Crippen molar-refractivity contribution in [1.82, 2.24) is 5.01 Å². The maximum atomic E-state index is 12.7. The zero-order chi connectivity index (χ0) is 17.0. The van der Waals surface area contributed by atoms with Gasteiger partial charge in [-0.2, -0.15) is 10.1 Å². The molecule has 2 bridgehead atoms. The minimum atomic E-state index is -0.277. The summed E-state index contributed by atoms with van der Waals surface area (Å²) in [7, 11) is 0. The van der Waals surface area contributed by atoms with Crippen LogP contribution in [0.3, 0.4) is 0 Å². The van der Waals surface area contributed by atoms with Crippen LogP contribution in [0.15, 0.2) is 38.3 Å². The van der Waals surface area contributed by atoms with E-state index in [4.69, 9.17) is 0 Å². The molecular weight excluding hydrogens is 440 g/mol. The van der Waals surface area contributed by atoms with E-state index in [9.17, 15) is 14.7 Å². The van der Waals surface area contributed by atoms with Crippen LogP contribution < -0.4 is 0 Å². The Kier molecular flexibility index (Phi) is 3.88. The number of fused-ring (bicyclic) bond motifs is 1. The van der Waals surface area contributed by atoms with Gasteiger partial charge in [0, 0.05) is 10.0 Å². The Hall–Kier alpha value is -1.47. The summed E-state index contributed by atoms with van der Waals surface area (Å²) in [4.78, 5) is 25.3. The molecule has 1 saturated carbocycles. The van der Waals surface area contributed by atoms with Crippen molar-refractivity contribution in [1.29, 1.82) is 0 Å². The van der Waals surface area contributed by atoms with Gasteiger partial charge in [0.1, 0.15) is 5.75 Å². The van der Waals surface area contributed by atoms with Crippen molar-refractivity contribution in [3.8, 4) is 5.75 Å². The molecule has 1 N–H and O–H groups in total. The van der Waals surface area contributed by atoms with Crippen LogP contribution in [-0.4, -0.2) is 28.1 Å². The SMILES string of the molecule is O=C1[C@@H]2[C@H](C(=O)N1/N=C\c1cc(Br)cc(Br)c1O)[C@H]1C=C[C@H]2CC1. The summed E-state index contributed by atoms with van der Waals surface area (Å²) in [5.41, 5.74) is 0.424. The van der Waals surface area contributed by atoms with E-state index in [1.807, 2.05) is 0 Å². The minimum absolute atomic E-state index is 0.0141. The topological polar surface area (TPSA) is 70.0 Å². The van der Waals surface area contributed by atoms with E-state index in [-0.39, 0.29) is 41.2 Å². The number of hydrogen-bond acceptors (Lipinski definition) is 4. The molecule has 4 aliphatic rings. The molecule has 2 fully saturated rings. The smallest absolute Gasteiger partial charge is 0.254 e. The summed E-state index contributed by atoms with van der Waals surface area (Å²) in [5.74, 6) is -0.708. The number of halogens is 2. The fourth-order valence-corrected chi connectivity index (χ4v) is 5.23. The van der Waals surface area contributed by atoms with Crippen LogP contribution >= 0.6 is 31.9 Å². The number of nitrogens with zero attached hydrogens (tertiary/aromatic N) is 2. The third kappa shape index (κ3) is 2.37. The summed E-state index contributed by atoms with van der Waals surface area (Å²) in [6.45, 7) is 0. The quantitative estimate of drug-likeness (QED) is 0.423. The molecule has 0 aromatic heterocycles. The summed E-state index contributed by atoms with van der Waals surface area (Å²) >= 11 is 6.59. The third-order valence-corrected chi connectivity index (χ3v) is 6.17. The van der Waals surface area contributed by atoms with Gasteiger partial charge in [0.25, 0.3) is 11.8 Å². The van der Waals surface area contributed by atoms with Crippen LogP contribution in [0, 0.1) is 23.7 Å². The number of carbonyl (C=O) groups is 2. The molecule has 0 spiro atoms. The van der Waals surface area contributed by atoms with Gasteiger partial charge in [0.05, 0.1) is 22.5 Å². The average Bonchev–Trinajstić information content (AvgIpc) is 2.84. The first kappa shape index (κ1) is 16.0. The summed E-state index contributed by atoms with van der Waals surface area (Å²) in [5, 5.41) is 15.2. The van der Waals surface area contributed by atoms with Crippen LogP contribution in [0.1, 0.15) is 18.4 Å². The lowest BCUT2D eigenvalue weighted by Crippen LogP contribution is -2.38. The van der Waals surface area contributed by atoms with Crippen molar-refractivity contribution in [3.05, 3.63) is 38.8 Å². The van der Waals surface area contributed by atoms with Gasteiger partial charge in [0.15, 0.2) is 0 Å². The highest BCUT2D eigenvalue weighted by molar-refractivity contribution is 9.11. The van der Waals surface area contributed by atoms with Gasteiger partial charge < -0.3 is 5.11 Å². The van der Waals surface area contributed by atoms with Gasteiger partial charge in [-0.3, -0.25) is 9.59 Å². The largest absolute Gasteiger partial charge is 0.506 e. The Morgan fingerprint density at radius 2 is 1.67 bits per heavy atom. The molecule has 1 aromatic rings. The average molecular weight is 454 g/mol. The summed E-state index contributed by atoms with van der Waals surface area (Å²) in [6.07, 6.45) is 7.42. The molecule has 5 rings (SSSR count). The molecule has 1 saturated heterocycles. The number of imide groups is 1. The molecule has 24 heavy (non-hydrogen) atoms. The molecule has 7 heteroatoms. The van der Waals surface area contributed by atoms with Crippen LogP contribution in [0.25, 0.3) is 0 Å². The van der Waals surface area contributed by atoms with Gasteiger partial charge in [-0.05, 0) is 52.7 Å². The number of phenols is 1. The number of benzene rings is 1. The minimum Gasteiger partial charge on any atom is -0.506 e. The lowest BCUT2D eigenvalue weighted by molar-refractivity contribution is -0.140. The van der Waals surface area contributed by atoms with Crippen LogP contribution in [0.4, 0.5) is 0 Å². The number of rotatable bonds is 2. The number of hydrazone groups is 1. The number of carbonyl (C=O) groups excluding carboxylic acids is 2. The van der Waals surface area contributed by atoms with E-state index in [1.54, 1.807) is 12.1 Å². The molecular formula is C17H14Br2N2O3. The van der Waals surface area contributed by atoms with Gasteiger partial charge in [-0.25, -0.2) is 0 Å². The van der Waals surface area contributed by atoms with Crippen molar-refractivity contribution >= 4 is 49.9 Å². The molecule has 5 nitrogen and oxygen atoms in total. The van der Waals surface area contributed by atoms with Crippen molar-refractivity contribution in [2.75, 3.05) is 0 Å². The number of aromatic hydroxyl groups is 1. The highest BCUT2D eigenvalue weighted by atomic mass is 79.9. The van der Waals surface area contributed by atoms with E-state index in [0.717, 1.165) is 22.3 Å². The standard InChI is InChI=1S/C17H14Br2N2O3/c18-11-5-10(15(22)12(19)6-11)7-20-21-16(23)13-8-1-2-9(4-3-8)14(13)17(21)24/h1-2,5-9,13-14,22H,3-4H2/b20-7-/t8-,9-,13-,14+/m0/s1. The molecule has 2 amide bonds. The van der Waals surface area contributed by atoms with Crippen LogP contribution in [0.5, 0.6) is 5.75 Å². The second-order valence-corrected chi connectivity index (χ2v) is 8.17. The molecule has 1 heterocycles. The monoisotopic (exact) mass is 452 g/mol. The van der Waals surface area contributed by atoms with Gasteiger partial charge in [0.2, 0.25) is 0 Å². The van der Waals surface area contributed by atoms with Crippen molar-refractivity contribution in [2.45, 2.75) is 12.8 Å². The van der Waals surface area contributed by atoms with Crippen molar-refractivity contribution < 1.29 is 14.7 Å². The Morgan fingerprint density at radius 3 is 2.21 bits per heavy atom. The Balaban J connectivity index is 1.64. The number of phenolic OH excluding ortho intramolecular Hbond substituents is 1. The van der Waals surface area contributed by atoms with Gasteiger partial charge in [-0.1, -0.05) is 28.1 Å². The molecule has 3 aliphatic carbocycles. The molecule has 0 radical (unpaired) electrons. The van der Waals surface area contributed by atoms with Gasteiger partial charge >= 0.3 is 0 Å². The fourth-order valence-electron chi connectivity index (χ4n) is 3.98. The molecule has 4 atom stereocenters. The van der Waals surface area contributed by atoms with E-state index >= 15 is 0 Å². The van der Waals surface area contributed by atoms with Crippen LogP contribution in [0.2, 0.25) is 0 Å². The Labute approximate surface area is 155 Å². The lowest BCUT2D eigenvalue weighted by atomic mass is 9.63. The summed E-state index contributed by atoms with van der Waals surface area (Å²) < 4.78 is 1.26. The molecule has 0 unspecified atom stereocenters. The number of hydrogen-bond donors (Lipinski definition) is 1. The second kappa shape index (κ2) is 5.81. The molecule has 1 aliphatic heterocycles. The predicted molar refractivity (Wildman–Crippen MR) is 95.3 cm³/mol. The first-order valence-electron chi connectivity index (χ1n) is 7.75. The van der Waals surface area contributed by atoms with Crippen molar-refractivity contribution in [3.63, 3.8) is 0 Å². The predicted octanol–water partition coefficient (Wildman–Crippen LogP) is 3.45. The zero-order valence-corrected chi connectivity index (χ0v) is 15.7. The lowest BCUT2D eigenvalue weighted by Gasteiger charge is -2.37. The third-order valence-electron chi connectivity index (χ3n) is 5.11. The number of amides is 2. The highest BCUT2D eigenvalue weighted by Gasteiger charge is 2.56. The first-order valence-corrected chi connectivity index (χ1v) is 9.34. The van der Waals surface area contributed by atoms with Crippen LogP contribution in [-0.2, 0) is 9.59 Å². The number of allylic oxidation sites excluding steroid dienone is 2. The highest BCUT2D eigenvalue weighted by Crippen LogP contribution is 2.49. The molecule has 124 valence electrons. The van der Waals surface area contributed by atoms with Crippen molar-refractivity contribution in [2.24, 2.45) is 28.8 Å². The summed E-state index contributed by atoms with van der Waals surface area (Å²) in [6, 6.07) is 3.38. The fraction of sp³-hybridized carbons (Fsp3) is 0.353. The van der Waals surface area contributed by atoms with E-state index in [0.29, 0.717) is 10.0 Å².